The molecule has 1 fully saturated rings. The first-order valence-electron chi connectivity index (χ1n) is 5.46. The Morgan fingerprint density at radius 3 is 1.85 bits per heavy atom. The third-order valence-corrected chi connectivity index (χ3v) is 2.42. The molecule has 0 radical (unpaired) electrons. The molecule has 80 valence electrons. The van der Waals surface area contributed by atoms with Gasteiger partial charge in [0.05, 0.1) is 0 Å². The molecule has 0 amide bonds. The lowest BCUT2D eigenvalue weighted by Gasteiger charge is -2.32. The summed E-state index contributed by atoms with van der Waals surface area (Å²) in [6.45, 7) is 6.78. The van der Waals surface area contributed by atoms with Crippen LogP contribution >= 0.6 is 0 Å². The molecule has 1 saturated heterocycles. The summed E-state index contributed by atoms with van der Waals surface area (Å²) in [7, 11) is 6.55. The van der Waals surface area contributed by atoms with Crippen LogP contribution in [0.1, 0.15) is 33.1 Å². The standard InChI is InChI=1S/C8H18N2.C3H8/c1-9(2)8-4-6-10(3)7-5-8;1-3-2/h8H,4-7H2,1-3H3;3H2,1-2H3. The highest BCUT2D eigenvalue weighted by molar-refractivity contribution is 4.74. The lowest BCUT2D eigenvalue weighted by atomic mass is 10.1. The van der Waals surface area contributed by atoms with E-state index in [2.05, 4.69) is 44.8 Å². The molecule has 0 saturated carbocycles. The Hall–Kier alpha value is -0.0800. The van der Waals surface area contributed by atoms with Crippen molar-refractivity contribution in [1.82, 2.24) is 9.80 Å². The second-order valence-corrected chi connectivity index (χ2v) is 4.21. The number of hydrogen-bond acceptors (Lipinski definition) is 2. The summed E-state index contributed by atoms with van der Waals surface area (Å²) in [6, 6.07) is 0.830. The summed E-state index contributed by atoms with van der Waals surface area (Å²) in [5, 5.41) is 0. The smallest absolute Gasteiger partial charge is 0.0113 e. The van der Waals surface area contributed by atoms with Crippen molar-refractivity contribution in [2.45, 2.75) is 39.2 Å². The van der Waals surface area contributed by atoms with E-state index in [-0.39, 0.29) is 0 Å². The SMILES string of the molecule is CCC.CN1CCC(N(C)C)CC1. The Labute approximate surface area is 83.9 Å². The van der Waals surface area contributed by atoms with Crippen LogP contribution in [0.2, 0.25) is 0 Å². The van der Waals surface area contributed by atoms with Crippen LogP contribution in [-0.2, 0) is 0 Å². The van der Waals surface area contributed by atoms with Crippen LogP contribution in [0, 0.1) is 0 Å². The second-order valence-electron chi connectivity index (χ2n) is 4.21. The van der Waals surface area contributed by atoms with Crippen molar-refractivity contribution in [3.8, 4) is 0 Å². The van der Waals surface area contributed by atoms with Crippen molar-refractivity contribution in [3.63, 3.8) is 0 Å². The fraction of sp³-hybridized carbons (Fsp3) is 1.00. The van der Waals surface area contributed by atoms with Crippen LogP contribution in [0.25, 0.3) is 0 Å². The molecule has 1 heterocycles. The molecule has 0 unspecified atom stereocenters. The van der Waals surface area contributed by atoms with Gasteiger partial charge in [-0.1, -0.05) is 20.3 Å². The van der Waals surface area contributed by atoms with E-state index in [0.717, 1.165) is 6.04 Å². The van der Waals surface area contributed by atoms with Crippen LogP contribution in [-0.4, -0.2) is 50.1 Å². The van der Waals surface area contributed by atoms with Crippen LogP contribution in [0.5, 0.6) is 0 Å². The number of likely N-dealkylation sites (tertiary alicyclic amines) is 1. The third kappa shape index (κ3) is 6.05. The van der Waals surface area contributed by atoms with Crippen LogP contribution in [0.4, 0.5) is 0 Å². The summed E-state index contributed by atoms with van der Waals surface area (Å²) in [6.07, 6.45) is 3.92. The molecule has 2 heteroatoms. The molecule has 0 aliphatic carbocycles. The maximum Gasteiger partial charge on any atom is 0.0113 e. The molecule has 0 atom stereocenters. The number of nitrogens with zero attached hydrogens (tertiary/aromatic N) is 2. The first-order valence-corrected chi connectivity index (χ1v) is 5.46. The fourth-order valence-electron chi connectivity index (χ4n) is 1.51. The largest absolute Gasteiger partial charge is 0.306 e. The zero-order valence-corrected chi connectivity index (χ0v) is 10.0. The second kappa shape index (κ2) is 7.34. The molecule has 1 aliphatic rings. The fourth-order valence-corrected chi connectivity index (χ4v) is 1.51. The van der Waals surface area contributed by atoms with E-state index in [0.29, 0.717) is 0 Å². The van der Waals surface area contributed by atoms with Gasteiger partial charge in [0.1, 0.15) is 0 Å². The van der Waals surface area contributed by atoms with Gasteiger partial charge in [-0.2, -0.15) is 0 Å². The molecule has 0 aromatic rings. The van der Waals surface area contributed by atoms with Crippen molar-refractivity contribution in [1.29, 1.82) is 0 Å². The minimum absolute atomic E-state index is 0.830. The van der Waals surface area contributed by atoms with Crippen molar-refractivity contribution < 1.29 is 0 Å². The van der Waals surface area contributed by atoms with Crippen molar-refractivity contribution in [2.24, 2.45) is 0 Å². The van der Waals surface area contributed by atoms with Gasteiger partial charge in [0.25, 0.3) is 0 Å². The highest BCUT2D eigenvalue weighted by Crippen LogP contribution is 2.11. The molecular weight excluding hydrogens is 160 g/mol. The van der Waals surface area contributed by atoms with E-state index in [1.165, 1.54) is 32.4 Å². The van der Waals surface area contributed by atoms with Crippen molar-refractivity contribution in [3.05, 3.63) is 0 Å². The number of rotatable bonds is 1. The van der Waals surface area contributed by atoms with E-state index in [1.807, 2.05) is 0 Å². The van der Waals surface area contributed by atoms with E-state index in [9.17, 15) is 0 Å². The first-order chi connectivity index (χ1) is 6.11. The van der Waals surface area contributed by atoms with Gasteiger partial charge in [-0.25, -0.2) is 0 Å². The lowest BCUT2D eigenvalue weighted by Crippen LogP contribution is -2.40. The van der Waals surface area contributed by atoms with E-state index < -0.39 is 0 Å². The number of piperidine rings is 1. The zero-order valence-electron chi connectivity index (χ0n) is 10.0. The van der Waals surface area contributed by atoms with E-state index in [4.69, 9.17) is 0 Å². The molecule has 13 heavy (non-hydrogen) atoms. The van der Waals surface area contributed by atoms with Gasteiger partial charge in [0.15, 0.2) is 0 Å². The average molecular weight is 186 g/mol. The van der Waals surface area contributed by atoms with Gasteiger partial charge >= 0.3 is 0 Å². The van der Waals surface area contributed by atoms with E-state index >= 15 is 0 Å². The predicted octanol–water partition coefficient (Wildman–Crippen LogP) is 2.06. The van der Waals surface area contributed by atoms with Crippen LogP contribution < -0.4 is 0 Å². The minimum atomic E-state index is 0.830. The summed E-state index contributed by atoms with van der Waals surface area (Å²) >= 11 is 0. The van der Waals surface area contributed by atoms with Gasteiger partial charge in [0, 0.05) is 6.04 Å². The molecule has 2 nitrogen and oxygen atoms in total. The Morgan fingerprint density at radius 2 is 1.54 bits per heavy atom. The molecule has 0 aromatic carbocycles. The van der Waals surface area contributed by atoms with Crippen molar-refractivity contribution >= 4 is 0 Å². The summed E-state index contributed by atoms with van der Waals surface area (Å²) < 4.78 is 0. The quantitative estimate of drug-likeness (QED) is 0.618. The molecule has 0 spiro atoms. The Balaban J connectivity index is 0.000000424. The zero-order chi connectivity index (χ0) is 10.3. The van der Waals surface area contributed by atoms with Gasteiger partial charge in [-0.3, -0.25) is 0 Å². The normalized spacial score (nSPS) is 19.8. The number of hydrogen-bond donors (Lipinski definition) is 0. The van der Waals surface area contributed by atoms with Gasteiger partial charge in [-0.15, -0.1) is 0 Å². The topological polar surface area (TPSA) is 6.48 Å². The maximum absolute atomic E-state index is 2.40. The molecule has 0 N–H and O–H groups in total. The monoisotopic (exact) mass is 186 g/mol. The summed E-state index contributed by atoms with van der Waals surface area (Å²) in [4.78, 5) is 4.74. The first kappa shape index (κ1) is 12.9. The molecule has 1 aliphatic heterocycles. The molecule has 1 rings (SSSR count). The molecule has 0 bridgehead atoms. The van der Waals surface area contributed by atoms with Crippen molar-refractivity contribution in [2.75, 3.05) is 34.2 Å². The molecule has 0 aromatic heterocycles. The Bertz CT molecular complexity index is 105. The van der Waals surface area contributed by atoms with Crippen LogP contribution in [0.3, 0.4) is 0 Å². The van der Waals surface area contributed by atoms with E-state index in [1.54, 1.807) is 0 Å². The van der Waals surface area contributed by atoms with Crippen LogP contribution in [0.15, 0.2) is 0 Å². The average Bonchev–Trinajstić information content (AvgIpc) is 2.06. The lowest BCUT2D eigenvalue weighted by molar-refractivity contribution is 0.166. The minimum Gasteiger partial charge on any atom is -0.306 e. The Kier molecular flexibility index (Phi) is 7.29. The van der Waals surface area contributed by atoms with Gasteiger partial charge < -0.3 is 9.80 Å². The molecular formula is C11H26N2. The Morgan fingerprint density at radius 1 is 1.15 bits per heavy atom. The summed E-state index contributed by atoms with van der Waals surface area (Å²) in [5.41, 5.74) is 0. The third-order valence-electron chi connectivity index (χ3n) is 2.42. The highest BCUT2D eigenvalue weighted by Gasteiger charge is 2.17. The highest BCUT2D eigenvalue weighted by atomic mass is 15.2. The summed E-state index contributed by atoms with van der Waals surface area (Å²) in [5.74, 6) is 0. The van der Waals surface area contributed by atoms with Gasteiger partial charge in [0.2, 0.25) is 0 Å². The van der Waals surface area contributed by atoms with Gasteiger partial charge in [-0.05, 0) is 47.1 Å². The maximum atomic E-state index is 2.40. The predicted molar refractivity (Wildman–Crippen MR) is 60.2 cm³/mol.